The minimum absolute atomic E-state index is 0.146. The van der Waals surface area contributed by atoms with Crippen molar-refractivity contribution in [3.8, 4) is 0 Å². The van der Waals surface area contributed by atoms with Crippen molar-refractivity contribution >= 4 is 15.9 Å². The number of carbonyl (C=O) groups excluding carboxylic acids is 1. The van der Waals surface area contributed by atoms with Gasteiger partial charge >= 0.3 is 0 Å². The van der Waals surface area contributed by atoms with Gasteiger partial charge in [-0.25, -0.2) is 8.42 Å². The molecule has 2 aromatic carbocycles. The van der Waals surface area contributed by atoms with Gasteiger partial charge in [0.25, 0.3) is 0 Å². The van der Waals surface area contributed by atoms with Crippen LogP contribution in [-0.4, -0.2) is 56.4 Å². The van der Waals surface area contributed by atoms with Crippen molar-refractivity contribution in [2.24, 2.45) is 0 Å². The molecule has 7 heteroatoms. The van der Waals surface area contributed by atoms with Gasteiger partial charge in [-0.05, 0) is 24.6 Å². The third kappa shape index (κ3) is 4.94. The van der Waals surface area contributed by atoms with Crippen LogP contribution < -0.4 is 0 Å². The van der Waals surface area contributed by atoms with Crippen molar-refractivity contribution in [2.75, 3.05) is 32.8 Å². The maximum atomic E-state index is 13.2. The zero-order valence-corrected chi connectivity index (χ0v) is 16.2. The zero-order valence-electron chi connectivity index (χ0n) is 15.4. The molecule has 2 aromatic rings. The lowest BCUT2D eigenvalue weighted by Gasteiger charge is -2.29. The lowest BCUT2D eigenvalue weighted by molar-refractivity contribution is -0.135. The predicted octanol–water partition coefficient (Wildman–Crippen LogP) is 2.04. The van der Waals surface area contributed by atoms with Crippen LogP contribution in [0.25, 0.3) is 0 Å². The summed E-state index contributed by atoms with van der Waals surface area (Å²) in [6, 6.07) is 16.0. The van der Waals surface area contributed by atoms with E-state index >= 15 is 0 Å². The summed E-state index contributed by atoms with van der Waals surface area (Å²) in [5.74, 6) is -0.204. The van der Waals surface area contributed by atoms with Crippen molar-refractivity contribution < 1.29 is 17.9 Å². The predicted molar refractivity (Wildman–Crippen MR) is 103 cm³/mol. The minimum atomic E-state index is -3.80. The average molecular weight is 388 g/mol. The first-order valence-corrected chi connectivity index (χ1v) is 10.4. The Morgan fingerprint density at radius 2 is 1.67 bits per heavy atom. The highest BCUT2D eigenvalue weighted by molar-refractivity contribution is 7.89. The summed E-state index contributed by atoms with van der Waals surface area (Å²) < 4.78 is 32.9. The Labute approximate surface area is 160 Å². The molecular weight excluding hydrogens is 364 g/mol. The largest absolute Gasteiger partial charge is 0.378 e. The van der Waals surface area contributed by atoms with Crippen LogP contribution in [0.3, 0.4) is 0 Å². The first-order valence-electron chi connectivity index (χ1n) is 8.93. The normalized spacial score (nSPS) is 15.1. The molecule has 0 bridgehead atoms. The molecule has 1 aliphatic heterocycles. The fourth-order valence-corrected chi connectivity index (χ4v) is 4.31. The second-order valence-electron chi connectivity index (χ2n) is 6.56. The highest BCUT2D eigenvalue weighted by atomic mass is 32.2. The number of rotatable bonds is 6. The van der Waals surface area contributed by atoms with Gasteiger partial charge in [0.05, 0.1) is 24.7 Å². The van der Waals surface area contributed by atoms with Gasteiger partial charge in [-0.2, -0.15) is 4.31 Å². The molecule has 0 radical (unpaired) electrons. The maximum absolute atomic E-state index is 13.2. The maximum Gasteiger partial charge on any atom is 0.243 e. The molecular formula is C20H24N2O4S. The van der Waals surface area contributed by atoms with Gasteiger partial charge in [-0.1, -0.05) is 48.0 Å². The van der Waals surface area contributed by atoms with E-state index < -0.39 is 10.0 Å². The van der Waals surface area contributed by atoms with Crippen molar-refractivity contribution in [1.82, 2.24) is 9.21 Å². The fourth-order valence-electron chi connectivity index (χ4n) is 2.94. The van der Waals surface area contributed by atoms with E-state index in [1.54, 1.807) is 29.2 Å². The number of nitrogens with zero attached hydrogens (tertiary/aromatic N) is 2. The molecule has 0 atom stereocenters. The molecule has 0 aromatic heterocycles. The van der Waals surface area contributed by atoms with E-state index in [9.17, 15) is 13.2 Å². The van der Waals surface area contributed by atoms with E-state index in [4.69, 9.17) is 4.74 Å². The van der Waals surface area contributed by atoms with Crippen LogP contribution in [0.4, 0.5) is 0 Å². The molecule has 0 aliphatic carbocycles. The topological polar surface area (TPSA) is 66.9 Å². The van der Waals surface area contributed by atoms with Crippen molar-refractivity contribution in [3.05, 3.63) is 65.7 Å². The molecule has 1 fully saturated rings. The molecule has 0 unspecified atom stereocenters. The van der Waals surface area contributed by atoms with Crippen LogP contribution in [0.5, 0.6) is 0 Å². The molecule has 27 heavy (non-hydrogen) atoms. The van der Waals surface area contributed by atoms with Crippen molar-refractivity contribution in [3.63, 3.8) is 0 Å². The number of aryl methyl sites for hydroxylation is 1. The molecule has 1 amide bonds. The molecule has 0 N–H and O–H groups in total. The van der Waals surface area contributed by atoms with Crippen molar-refractivity contribution in [1.29, 1.82) is 0 Å². The molecule has 1 aliphatic rings. The molecule has 0 spiro atoms. The lowest BCUT2D eigenvalue weighted by atomic mass is 10.2. The van der Waals surface area contributed by atoms with E-state index in [0.717, 1.165) is 11.1 Å². The Kier molecular flexibility index (Phi) is 6.26. The van der Waals surface area contributed by atoms with E-state index in [0.29, 0.717) is 26.3 Å². The van der Waals surface area contributed by atoms with Gasteiger partial charge in [-0.3, -0.25) is 4.79 Å². The highest BCUT2D eigenvalue weighted by Gasteiger charge is 2.29. The lowest BCUT2D eigenvalue weighted by Crippen LogP contribution is -2.46. The molecule has 1 heterocycles. The molecule has 3 rings (SSSR count). The summed E-state index contributed by atoms with van der Waals surface area (Å²) in [6.07, 6.45) is 0. The Balaban J connectivity index is 1.86. The fraction of sp³-hybridized carbons (Fsp3) is 0.350. The second kappa shape index (κ2) is 8.65. The van der Waals surface area contributed by atoms with Crippen LogP contribution in [0.15, 0.2) is 59.5 Å². The van der Waals surface area contributed by atoms with E-state index in [1.165, 1.54) is 4.31 Å². The summed E-state index contributed by atoms with van der Waals surface area (Å²) >= 11 is 0. The van der Waals surface area contributed by atoms with Crippen LogP contribution in [0.2, 0.25) is 0 Å². The van der Waals surface area contributed by atoms with Crippen LogP contribution >= 0.6 is 0 Å². The van der Waals surface area contributed by atoms with E-state index in [1.807, 2.05) is 37.3 Å². The quantitative estimate of drug-likeness (QED) is 0.760. The number of sulfonamides is 1. The molecule has 144 valence electrons. The molecule has 6 nitrogen and oxygen atoms in total. The average Bonchev–Trinajstić information content (AvgIpc) is 2.69. The zero-order chi connectivity index (χ0) is 19.3. The van der Waals surface area contributed by atoms with Crippen LogP contribution in [0, 0.1) is 6.92 Å². The standard InChI is InChI=1S/C20H24N2O4S/c1-17-7-9-19(10-8-17)27(24,25)22(15-18-5-3-2-4-6-18)16-20(23)21-11-13-26-14-12-21/h2-10H,11-16H2,1H3. The Morgan fingerprint density at radius 1 is 1.04 bits per heavy atom. The number of hydrogen-bond acceptors (Lipinski definition) is 4. The summed E-state index contributed by atoms with van der Waals surface area (Å²) in [7, 11) is -3.80. The van der Waals surface area contributed by atoms with Crippen LogP contribution in [0.1, 0.15) is 11.1 Å². The number of hydrogen-bond donors (Lipinski definition) is 0. The molecule has 1 saturated heterocycles. The van der Waals surface area contributed by atoms with E-state index in [2.05, 4.69) is 0 Å². The SMILES string of the molecule is Cc1ccc(S(=O)(=O)N(CC(=O)N2CCOCC2)Cc2ccccc2)cc1. The monoisotopic (exact) mass is 388 g/mol. The van der Waals surface area contributed by atoms with Crippen LogP contribution in [-0.2, 0) is 26.1 Å². The highest BCUT2D eigenvalue weighted by Crippen LogP contribution is 2.19. The number of benzene rings is 2. The Hall–Kier alpha value is -2.22. The molecule has 0 saturated carbocycles. The van der Waals surface area contributed by atoms with Gasteiger partial charge in [0.15, 0.2) is 0 Å². The van der Waals surface area contributed by atoms with E-state index in [-0.39, 0.29) is 23.9 Å². The number of amides is 1. The Morgan fingerprint density at radius 3 is 2.30 bits per heavy atom. The first-order chi connectivity index (χ1) is 13.0. The first kappa shape index (κ1) is 19.5. The number of carbonyl (C=O) groups is 1. The van der Waals surface area contributed by atoms with Gasteiger partial charge < -0.3 is 9.64 Å². The summed E-state index contributed by atoms with van der Waals surface area (Å²) in [4.78, 5) is 14.5. The summed E-state index contributed by atoms with van der Waals surface area (Å²) in [5.41, 5.74) is 1.82. The minimum Gasteiger partial charge on any atom is -0.378 e. The third-order valence-electron chi connectivity index (χ3n) is 4.54. The number of ether oxygens (including phenoxy) is 1. The van der Waals surface area contributed by atoms with Gasteiger partial charge in [0.1, 0.15) is 0 Å². The van der Waals surface area contributed by atoms with Crippen molar-refractivity contribution in [2.45, 2.75) is 18.4 Å². The number of morpholine rings is 1. The third-order valence-corrected chi connectivity index (χ3v) is 6.34. The summed E-state index contributed by atoms with van der Waals surface area (Å²) in [6.45, 7) is 3.80. The smallest absolute Gasteiger partial charge is 0.243 e. The van der Waals surface area contributed by atoms with Gasteiger partial charge in [0, 0.05) is 19.6 Å². The summed E-state index contributed by atoms with van der Waals surface area (Å²) in [5, 5.41) is 0. The Bertz CT molecular complexity index is 861. The van der Waals surface area contributed by atoms with Gasteiger partial charge in [-0.15, -0.1) is 0 Å². The van der Waals surface area contributed by atoms with Gasteiger partial charge in [0.2, 0.25) is 15.9 Å². The second-order valence-corrected chi connectivity index (χ2v) is 8.50.